The molecule has 0 aromatic rings. The summed E-state index contributed by atoms with van der Waals surface area (Å²) in [5, 5.41) is 3.12. The smallest absolute Gasteiger partial charge is 0.282 e. The second kappa shape index (κ2) is 8.19. The molecule has 0 bridgehead atoms. The Hall–Kier alpha value is -0.170. The summed E-state index contributed by atoms with van der Waals surface area (Å²) >= 11 is 0. The van der Waals surface area contributed by atoms with Gasteiger partial charge in [-0.15, -0.1) is 0 Å². The zero-order chi connectivity index (χ0) is 14.3. The van der Waals surface area contributed by atoms with Crippen molar-refractivity contribution in [2.45, 2.75) is 52.0 Å². The average Bonchev–Trinajstić information content (AvgIpc) is 2.39. The monoisotopic (exact) mass is 291 g/mol. The molecule has 114 valence electrons. The largest absolute Gasteiger partial charge is 0.318 e. The van der Waals surface area contributed by atoms with E-state index in [-0.39, 0.29) is 6.04 Å². The number of hydrogen-bond acceptors (Lipinski definition) is 3. The third-order valence-corrected chi connectivity index (χ3v) is 5.67. The number of nitrogens with zero attached hydrogens (tertiary/aromatic N) is 2. The first-order chi connectivity index (χ1) is 9.07. The first-order valence-corrected chi connectivity index (χ1v) is 8.89. The molecule has 0 aliphatic carbocycles. The van der Waals surface area contributed by atoms with Crippen molar-refractivity contribution in [3.8, 4) is 0 Å². The average molecular weight is 291 g/mol. The fourth-order valence-corrected chi connectivity index (χ4v) is 4.75. The number of rotatable bonds is 8. The van der Waals surface area contributed by atoms with E-state index in [2.05, 4.69) is 5.32 Å². The van der Waals surface area contributed by atoms with Crippen molar-refractivity contribution in [1.29, 1.82) is 0 Å². The Kier molecular flexibility index (Phi) is 7.28. The molecule has 5 nitrogen and oxygen atoms in total. The minimum Gasteiger partial charge on any atom is -0.318 e. The van der Waals surface area contributed by atoms with Crippen molar-refractivity contribution < 1.29 is 8.42 Å². The Morgan fingerprint density at radius 2 is 1.84 bits per heavy atom. The standard InChI is InChI=1S/C13H29N3O2S/c1-4-9-15(10-5-2)19(17,18)16-11-7-6-8-13(16)12-14-3/h13-14H,4-12H2,1-3H3. The molecule has 1 aliphatic rings. The molecule has 0 radical (unpaired) electrons. The Bertz CT molecular complexity index is 338. The summed E-state index contributed by atoms with van der Waals surface area (Å²) < 4.78 is 28.9. The van der Waals surface area contributed by atoms with E-state index in [1.54, 1.807) is 8.61 Å². The molecular weight excluding hydrogens is 262 g/mol. The van der Waals surface area contributed by atoms with Crippen LogP contribution in [0, 0.1) is 0 Å². The van der Waals surface area contributed by atoms with Gasteiger partial charge in [0.25, 0.3) is 10.2 Å². The third kappa shape index (κ3) is 4.41. The third-order valence-electron chi connectivity index (χ3n) is 3.58. The summed E-state index contributed by atoms with van der Waals surface area (Å²) in [4.78, 5) is 0. The number of hydrogen-bond donors (Lipinski definition) is 1. The van der Waals surface area contributed by atoms with Crippen LogP contribution in [-0.2, 0) is 10.2 Å². The van der Waals surface area contributed by atoms with Crippen LogP contribution < -0.4 is 5.32 Å². The van der Waals surface area contributed by atoms with Crippen LogP contribution >= 0.6 is 0 Å². The number of nitrogens with one attached hydrogen (secondary N) is 1. The van der Waals surface area contributed by atoms with Crippen molar-refractivity contribution in [3.05, 3.63) is 0 Å². The summed E-state index contributed by atoms with van der Waals surface area (Å²) in [6, 6.07) is 0.111. The summed E-state index contributed by atoms with van der Waals surface area (Å²) in [5.41, 5.74) is 0. The first kappa shape index (κ1) is 16.9. The van der Waals surface area contributed by atoms with Crippen LogP contribution in [0.25, 0.3) is 0 Å². The molecule has 0 spiro atoms. The van der Waals surface area contributed by atoms with E-state index in [0.29, 0.717) is 19.6 Å². The summed E-state index contributed by atoms with van der Waals surface area (Å²) in [5.74, 6) is 0. The van der Waals surface area contributed by atoms with Crippen LogP contribution in [0.15, 0.2) is 0 Å². The quantitative estimate of drug-likeness (QED) is 0.736. The predicted molar refractivity (Wildman–Crippen MR) is 79.3 cm³/mol. The molecule has 0 aromatic carbocycles. The van der Waals surface area contributed by atoms with Crippen LogP contribution in [0.5, 0.6) is 0 Å². The normalized spacial score (nSPS) is 22.0. The predicted octanol–water partition coefficient (Wildman–Crippen LogP) is 1.43. The lowest BCUT2D eigenvalue weighted by atomic mass is 10.1. The highest BCUT2D eigenvalue weighted by molar-refractivity contribution is 7.86. The molecule has 1 N–H and O–H groups in total. The van der Waals surface area contributed by atoms with Gasteiger partial charge in [-0.2, -0.15) is 17.0 Å². The van der Waals surface area contributed by atoms with E-state index < -0.39 is 10.2 Å². The lowest BCUT2D eigenvalue weighted by Crippen LogP contribution is -2.53. The topological polar surface area (TPSA) is 52.7 Å². The number of piperidine rings is 1. The van der Waals surface area contributed by atoms with Gasteiger partial charge in [-0.1, -0.05) is 20.3 Å². The molecule has 1 aliphatic heterocycles. The van der Waals surface area contributed by atoms with E-state index >= 15 is 0 Å². The van der Waals surface area contributed by atoms with Gasteiger partial charge in [-0.05, 0) is 32.7 Å². The molecule has 0 saturated carbocycles. The van der Waals surface area contributed by atoms with Crippen LogP contribution in [0.1, 0.15) is 46.0 Å². The minimum atomic E-state index is -3.29. The maximum Gasteiger partial charge on any atom is 0.282 e. The van der Waals surface area contributed by atoms with Gasteiger partial charge >= 0.3 is 0 Å². The van der Waals surface area contributed by atoms with Gasteiger partial charge in [0.15, 0.2) is 0 Å². The van der Waals surface area contributed by atoms with Crippen LogP contribution in [0.3, 0.4) is 0 Å². The molecule has 1 rings (SSSR count). The van der Waals surface area contributed by atoms with E-state index in [1.165, 1.54) is 0 Å². The van der Waals surface area contributed by atoms with Gasteiger partial charge in [0, 0.05) is 32.2 Å². The van der Waals surface area contributed by atoms with Gasteiger partial charge in [-0.3, -0.25) is 0 Å². The Morgan fingerprint density at radius 3 is 2.37 bits per heavy atom. The van der Waals surface area contributed by atoms with Crippen molar-refractivity contribution in [1.82, 2.24) is 13.9 Å². The second-order valence-electron chi connectivity index (χ2n) is 5.22. The van der Waals surface area contributed by atoms with E-state index in [1.807, 2.05) is 20.9 Å². The fourth-order valence-electron chi connectivity index (χ4n) is 2.71. The highest BCUT2D eigenvalue weighted by Crippen LogP contribution is 2.22. The maximum atomic E-state index is 12.8. The molecule has 19 heavy (non-hydrogen) atoms. The Labute approximate surface area is 118 Å². The zero-order valence-corrected chi connectivity index (χ0v) is 13.4. The highest BCUT2D eigenvalue weighted by atomic mass is 32.2. The van der Waals surface area contributed by atoms with Crippen LogP contribution in [0.2, 0.25) is 0 Å². The molecule has 0 aromatic heterocycles. The maximum absolute atomic E-state index is 12.8. The molecule has 1 unspecified atom stereocenters. The molecule has 6 heteroatoms. The Balaban J connectivity index is 2.86. The summed E-state index contributed by atoms with van der Waals surface area (Å²) in [6.07, 6.45) is 4.80. The lowest BCUT2D eigenvalue weighted by Gasteiger charge is -2.38. The first-order valence-electron chi connectivity index (χ1n) is 7.49. The SMILES string of the molecule is CCCN(CCC)S(=O)(=O)N1CCCCC1CNC. The van der Waals surface area contributed by atoms with E-state index in [4.69, 9.17) is 0 Å². The van der Waals surface area contributed by atoms with Crippen molar-refractivity contribution in [3.63, 3.8) is 0 Å². The second-order valence-corrected chi connectivity index (χ2v) is 7.11. The van der Waals surface area contributed by atoms with Gasteiger partial charge in [0.05, 0.1) is 0 Å². The molecule has 0 amide bonds. The molecule has 1 fully saturated rings. The molecule has 1 heterocycles. The number of likely N-dealkylation sites (N-methyl/N-ethyl adjacent to an activating group) is 1. The van der Waals surface area contributed by atoms with Crippen molar-refractivity contribution >= 4 is 10.2 Å². The van der Waals surface area contributed by atoms with Gasteiger partial charge < -0.3 is 5.32 Å². The fraction of sp³-hybridized carbons (Fsp3) is 1.00. The van der Waals surface area contributed by atoms with Crippen molar-refractivity contribution in [2.24, 2.45) is 0 Å². The van der Waals surface area contributed by atoms with E-state index in [9.17, 15) is 8.42 Å². The van der Waals surface area contributed by atoms with Crippen molar-refractivity contribution in [2.75, 3.05) is 33.2 Å². The molecule has 1 atom stereocenters. The van der Waals surface area contributed by atoms with E-state index in [0.717, 1.165) is 38.6 Å². The molecular formula is C13H29N3O2S. The van der Waals surface area contributed by atoms with Gasteiger partial charge in [0.1, 0.15) is 0 Å². The Morgan fingerprint density at radius 1 is 1.21 bits per heavy atom. The van der Waals surface area contributed by atoms with Crippen LogP contribution in [0.4, 0.5) is 0 Å². The zero-order valence-electron chi connectivity index (χ0n) is 12.6. The summed E-state index contributed by atoms with van der Waals surface area (Å²) in [7, 11) is -1.41. The summed E-state index contributed by atoms with van der Waals surface area (Å²) in [6.45, 7) is 6.71. The van der Waals surface area contributed by atoms with Gasteiger partial charge in [-0.25, -0.2) is 0 Å². The van der Waals surface area contributed by atoms with Gasteiger partial charge in [0.2, 0.25) is 0 Å². The minimum absolute atomic E-state index is 0.111. The molecule has 1 saturated heterocycles. The van der Waals surface area contributed by atoms with Crippen LogP contribution in [-0.4, -0.2) is 56.3 Å². The highest BCUT2D eigenvalue weighted by Gasteiger charge is 2.35. The lowest BCUT2D eigenvalue weighted by molar-refractivity contribution is 0.228.